The molecule has 0 saturated carbocycles. The van der Waals surface area contributed by atoms with E-state index in [0.29, 0.717) is 0 Å². The van der Waals surface area contributed by atoms with Gasteiger partial charge in [-0.05, 0) is 38.7 Å². The quantitative estimate of drug-likeness (QED) is 0.289. The van der Waals surface area contributed by atoms with Crippen LogP contribution in [0, 0.1) is 13.8 Å². The van der Waals surface area contributed by atoms with Crippen LogP contribution in [0.1, 0.15) is 63.8 Å². The van der Waals surface area contributed by atoms with Crippen LogP contribution in [0.5, 0.6) is 5.88 Å². The number of fused-ring (bicyclic) bond motifs is 2. The maximum absolute atomic E-state index is 5.66. The van der Waals surface area contributed by atoms with Crippen molar-refractivity contribution in [2.45, 2.75) is 80.3 Å². The summed E-state index contributed by atoms with van der Waals surface area (Å²) in [6, 6.07) is 20.7. The molecule has 192 valence electrons. The molecule has 2 aliphatic rings. The second-order valence-corrected chi connectivity index (χ2v) is 8.54. The van der Waals surface area contributed by atoms with Crippen LogP contribution in [0.25, 0.3) is 22.5 Å². The Bertz CT molecular complexity index is 1100. The molecule has 0 fully saturated rings. The Labute approximate surface area is 217 Å². The molecule has 0 unspecified atom stereocenters. The summed E-state index contributed by atoms with van der Waals surface area (Å²) in [5.41, 5.74) is 8.55. The zero-order valence-corrected chi connectivity index (χ0v) is 22.9. The van der Waals surface area contributed by atoms with E-state index in [1.54, 1.807) is 0 Å². The van der Waals surface area contributed by atoms with E-state index < -0.39 is 0 Å². The molecule has 0 atom stereocenters. The fourth-order valence-corrected chi connectivity index (χ4v) is 4.64. The third-order valence-corrected chi connectivity index (χ3v) is 6.33. The van der Waals surface area contributed by atoms with Crippen LogP contribution >= 0.6 is 0 Å². The molecular weight excluding hydrogens is 444 g/mol. The summed E-state index contributed by atoms with van der Waals surface area (Å²) < 4.78 is 9.83. The summed E-state index contributed by atoms with van der Waals surface area (Å²) >= 11 is 0. The lowest BCUT2D eigenvalue weighted by Crippen LogP contribution is -2.14. The minimum Gasteiger partial charge on any atom is -0.478 e. The first-order chi connectivity index (χ1) is 17.7. The van der Waals surface area contributed by atoms with Crippen molar-refractivity contribution in [3.05, 3.63) is 77.5 Å². The van der Waals surface area contributed by atoms with Gasteiger partial charge in [-0.15, -0.1) is 0 Å². The summed E-state index contributed by atoms with van der Waals surface area (Å²) in [6.45, 7) is 15.1. The van der Waals surface area contributed by atoms with E-state index in [9.17, 15) is 0 Å². The Balaban J connectivity index is 0.000000177. The van der Waals surface area contributed by atoms with E-state index in [0.717, 1.165) is 54.5 Å². The zero-order valence-electron chi connectivity index (χ0n) is 22.9. The SMILES string of the molecule is CC.CC.Cc1c(-c2ccccc2)nn2c1CCCC2.Cc1c(-c2ccccc2)nn2c1OCCC2. The highest BCUT2D eigenvalue weighted by atomic mass is 16.5. The predicted molar refractivity (Wildman–Crippen MR) is 151 cm³/mol. The van der Waals surface area contributed by atoms with Crippen molar-refractivity contribution >= 4 is 0 Å². The fraction of sp³-hybridized carbons (Fsp3) is 0.419. The Hall–Kier alpha value is -3.34. The second-order valence-electron chi connectivity index (χ2n) is 8.54. The minimum absolute atomic E-state index is 0.806. The van der Waals surface area contributed by atoms with Gasteiger partial charge in [0.25, 0.3) is 0 Å². The van der Waals surface area contributed by atoms with Gasteiger partial charge in [0.1, 0.15) is 0 Å². The normalized spacial score (nSPS) is 13.3. The van der Waals surface area contributed by atoms with Gasteiger partial charge in [0, 0.05) is 41.9 Å². The zero-order chi connectivity index (χ0) is 25.9. The Morgan fingerprint density at radius 3 is 1.72 bits per heavy atom. The number of benzene rings is 2. The Kier molecular flexibility index (Phi) is 10.3. The highest BCUT2D eigenvalue weighted by Crippen LogP contribution is 2.31. The number of ether oxygens (including phenoxy) is 1. The molecule has 0 amide bonds. The lowest BCUT2D eigenvalue weighted by molar-refractivity contribution is 0.229. The molecule has 4 aromatic rings. The molecule has 0 saturated heterocycles. The van der Waals surface area contributed by atoms with E-state index in [-0.39, 0.29) is 0 Å². The van der Waals surface area contributed by atoms with Crippen LogP contribution in [-0.2, 0) is 19.5 Å². The van der Waals surface area contributed by atoms with Gasteiger partial charge >= 0.3 is 0 Å². The number of hydrogen-bond acceptors (Lipinski definition) is 3. The number of rotatable bonds is 2. The molecule has 4 heterocycles. The van der Waals surface area contributed by atoms with Crippen LogP contribution in [0.3, 0.4) is 0 Å². The van der Waals surface area contributed by atoms with Crippen molar-refractivity contribution in [2.24, 2.45) is 0 Å². The van der Waals surface area contributed by atoms with Crippen molar-refractivity contribution in [1.29, 1.82) is 0 Å². The van der Waals surface area contributed by atoms with Crippen LogP contribution in [0.4, 0.5) is 0 Å². The van der Waals surface area contributed by atoms with E-state index in [1.807, 2.05) is 50.6 Å². The molecule has 0 spiro atoms. The lowest BCUT2D eigenvalue weighted by atomic mass is 10.0. The van der Waals surface area contributed by atoms with Crippen LogP contribution in [-0.4, -0.2) is 26.2 Å². The van der Waals surface area contributed by atoms with Crippen molar-refractivity contribution in [3.63, 3.8) is 0 Å². The van der Waals surface area contributed by atoms with Crippen molar-refractivity contribution < 1.29 is 4.74 Å². The first-order valence-corrected chi connectivity index (χ1v) is 13.6. The summed E-state index contributed by atoms with van der Waals surface area (Å²) in [5, 5.41) is 9.35. The molecule has 0 aliphatic carbocycles. The van der Waals surface area contributed by atoms with Gasteiger partial charge in [-0.1, -0.05) is 88.4 Å². The molecule has 0 N–H and O–H groups in total. The molecule has 2 aliphatic heterocycles. The average Bonchev–Trinajstić information content (AvgIpc) is 3.49. The third kappa shape index (κ3) is 6.07. The monoisotopic (exact) mass is 486 g/mol. The van der Waals surface area contributed by atoms with Gasteiger partial charge in [0.2, 0.25) is 5.88 Å². The first kappa shape index (κ1) is 27.3. The predicted octanol–water partition coefficient (Wildman–Crippen LogP) is 7.89. The molecule has 5 heteroatoms. The van der Waals surface area contributed by atoms with Gasteiger partial charge in [-0.2, -0.15) is 10.2 Å². The topological polar surface area (TPSA) is 44.9 Å². The van der Waals surface area contributed by atoms with Crippen LogP contribution in [0.15, 0.2) is 60.7 Å². The summed E-state index contributed by atoms with van der Waals surface area (Å²) in [6.07, 6.45) is 4.80. The van der Waals surface area contributed by atoms with E-state index in [4.69, 9.17) is 9.84 Å². The molecule has 6 rings (SSSR count). The van der Waals surface area contributed by atoms with E-state index >= 15 is 0 Å². The molecule has 0 bridgehead atoms. The van der Waals surface area contributed by atoms with Gasteiger partial charge in [-0.25, -0.2) is 4.68 Å². The minimum atomic E-state index is 0.806. The van der Waals surface area contributed by atoms with Crippen molar-refractivity contribution in [3.8, 4) is 28.4 Å². The smallest absolute Gasteiger partial charge is 0.215 e. The second kappa shape index (κ2) is 13.7. The van der Waals surface area contributed by atoms with E-state index in [1.165, 1.54) is 36.1 Å². The Morgan fingerprint density at radius 2 is 1.17 bits per heavy atom. The highest BCUT2D eigenvalue weighted by Gasteiger charge is 2.19. The molecule has 2 aromatic carbocycles. The standard InChI is InChI=1S/C14H16N2.C13H14N2O.2C2H6/c1-11-13-9-5-6-10-16(13)15-14(11)12-7-3-2-4-8-12;1-10-12(11-6-3-2-4-7-11)14-15-8-5-9-16-13(10)15;2*1-2/h2-4,7-8H,5-6,9-10H2,1H3;2-4,6-7H,5,8-9H2,1H3;2*1-2H3. The molecule has 5 nitrogen and oxygen atoms in total. The van der Waals surface area contributed by atoms with Crippen molar-refractivity contribution in [1.82, 2.24) is 19.6 Å². The maximum Gasteiger partial charge on any atom is 0.215 e. The first-order valence-electron chi connectivity index (χ1n) is 13.6. The van der Waals surface area contributed by atoms with Gasteiger partial charge < -0.3 is 4.74 Å². The number of hydrogen-bond donors (Lipinski definition) is 0. The third-order valence-electron chi connectivity index (χ3n) is 6.33. The lowest BCUT2D eigenvalue weighted by Gasteiger charge is -2.14. The maximum atomic E-state index is 5.66. The molecule has 36 heavy (non-hydrogen) atoms. The number of nitrogens with zero attached hydrogens (tertiary/aromatic N) is 4. The molecule has 0 radical (unpaired) electrons. The van der Waals surface area contributed by atoms with E-state index in [2.05, 4.69) is 66.1 Å². The van der Waals surface area contributed by atoms with Gasteiger partial charge in [0.15, 0.2) is 0 Å². The largest absolute Gasteiger partial charge is 0.478 e. The van der Waals surface area contributed by atoms with Gasteiger partial charge in [0.05, 0.1) is 18.0 Å². The fourth-order valence-electron chi connectivity index (χ4n) is 4.64. The number of aromatic nitrogens is 4. The molecular formula is C31H42N4O. The summed E-state index contributed by atoms with van der Waals surface area (Å²) in [4.78, 5) is 0. The van der Waals surface area contributed by atoms with Crippen molar-refractivity contribution in [2.75, 3.05) is 6.61 Å². The average molecular weight is 487 g/mol. The summed E-state index contributed by atoms with van der Waals surface area (Å²) in [5.74, 6) is 0.935. The van der Waals surface area contributed by atoms with Crippen LogP contribution < -0.4 is 4.74 Å². The number of aryl methyl sites for hydroxylation is 2. The highest BCUT2D eigenvalue weighted by molar-refractivity contribution is 5.65. The molecule has 2 aromatic heterocycles. The van der Waals surface area contributed by atoms with Crippen LogP contribution in [0.2, 0.25) is 0 Å². The van der Waals surface area contributed by atoms with Gasteiger partial charge in [-0.3, -0.25) is 4.68 Å². The Morgan fingerprint density at radius 1 is 0.639 bits per heavy atom. The summed E-state index contributed by atoms with van der Waals surface area (Å²) in [7, 11) is 0.